The molecule has 7 nitrogen and oxygen atoms in total. The first kappa shape index (κ1) is 17.0. The van der Waals surface area contributed by atoms with Gasteiger partial charge in [-0.05, 0) is 25.0 Å². The molecule has 2 heterocycles. The van der Waals surface area contributed by atoms with Gasteiger partial charge in [0.2, 0.25) is 5.95 Å². The summed E-state index contributed by atoms with van der Waals surface area (Å²) in [7, 11) is 1.43. The number of aromatic nitrogens is 2. The van der Waals surface area contributed by atoms with Crippen molar-refractivity contribution in [2.24, 2.45) is 0 Å². The smallest absolute Gasteiger partial charge is 0.364 e. The Morgan fingerprint density at radius 1 is 1.32 bits per heavy atom. The highest BCUT2D eigenvalue weighted by Crippen LogP contribution is 2.29. The third-order valence-corrected chi connectivity index (χ3v) is 4.09. The molecular formula is C17H15ClN4O3. The van der Waals surface area contributed by atoms with Gasteiger partial charge in [-0.25, -0.2) is 14.8 Å². The van der Waals surface area contributed by atoms with E-state index in [0.29, 0.717) is 11.5 Å². The highest BCUT2D eigenvalue weighted by atomic mass is 35.5. The summed E-state index contributed by atoms with van der Waals surface area (Å²) in [6, 6.07) is 6.50. The minimum absolute atomic E-state index is 0.00928. The Labute approximate surface area is 149 Å². The molecule has 0 amide bonds. The van der Waals surface area contributed by atoms with Gasteiger partial charge in [-0.2, -0.15) is 5.26 Å². The lowest BCUT2D eigenvalue weighted by molar-refractivity contribution is 0.0723. The van der Waals surface area contributed by atoms with Crippen LogP contribution < -0.4 is 14.4 Å². The van der Waals surface area contributed by atoms with Gasteiger partial charge >= 0.3 is 5.97 Å². The first-order valence-electron chi connectivity index (χ1n) is 7.70. The van der Waals surface area contributed by atoms with Gasteiger partial charge in [0.15, 0.2) is 17.2 Å². The van der Waals surface area contributed by atoms with E-state index in [1.54, 1.807) is 0 Å². The van der Waals surface area contributed by atoms with Gasteiger partial charge in [-0.15, -0.1) is 0 Å². The lowest BCUT2D eigenvalue weighted by Crippen LogP contribution is -2.22. The molecule has 128 valence electrons. The summed E-state index contributed by atoms with van der Waals surface area (Å²) in [5.74, 6) is 0.206. The monoisotopic (exact) mass is 358 g/mol. The highest BCUT2D eigenvalue weighted by molar-refractivity contribution is 6.33. The lowest BCUT2D eigenvalue weighted by Gasteiger charge is -2.16. The fourth-order valence-electron chi connectivity index (χ4n) is 2.54. The maximum absolute atomic E-state index is 12.5. The van der Waals surface area contributed by atoms with E-state index in [1.807, 2.05) is 11.0 Å². The third-order valence-electron chi connectivity index (χ3n) is 3.81. The summed E-state index contributed by atoms with van der Waals surface area (Å²) in [4.78, 5) is 22.9. The van der Waals surface area contributed by atoms with Crippen LogP contribution >= 0.6 is 11.6 Å². The van der Waals surface area contributed by atoms with Gasteiger partial charge in [0.05, 0.1) is 30.0 Å². The Bertz CT molecular complexity index is 844. The van der Waals surface area contributed by atoms with E-state index in [-0.39, 0.29) is 22.2 Å². The van der Waals surface area contributed by atoms with Crippen molar-refractivity contribution < 1.29 is 14.3 Å². The molecule has 0 spiro atoms. The van der Waals surface area contributed by atoms with E-state index >= 15 is 0 Å². The van der Waals surface area contributed by atoms with Crippen LogP contribution in [0, 0.1) is 11.3 Å². The third kappa shape index (κ3) is 3.64. The first-order chi connectivity index (χ1) is 12.1. The molecule has 0 aliphatic carbocycles. The van der Waals surface area contributed by atoms with Crippen LogP contribution in [-0.2, 0) is 0 Å². The topological polar surface area (TPSA) is 88.3 Å². The quantitative estimate of drug-likeness (QED) is 0.613. The van der Waals surface area contributed by atoms with E-state index in [0.717, 1.165) is 25.9 Å². The fraction of sp³-hybridized carbons (Fsp3) is 0.294. The number of carbonyl (C=O) groups excluding carboxylic acids is 1. The average Bonchev–Trinajstić information content (AvgIpc) is 3.17. The molecule has 25 heavy (non-hydrogen) atoms. The maximum atomic E-state index is 12.5. The summed E-state index contributed by atoms with van der Waals surface area (Å²) in [5, 5.41) is 9.04. The molecule has 8 heteroatoms. The fourth-order valence-corrected chi connectivity index (χ4v) is 2.71. The number of anilines is 1. The molecule has 1 aromatic carbocycles. The summed E-state index contributed by atoms with van der Waals surface area (Å²) in [6.45, 7) is 1.69. The number of halogens is 1. The molecule has 0 bridgehead atoms. The largest absolute Gasteiger partial charge is 0.493 e. The standard InChI is InChI=1S/C17H15ClN4O3/c1-24-14-8-11(9-19)4-5-13(14)25-16(23)15-12(18)10-20-17(21-15)22-6-2-3-7-22/h4-5,8,10H,2-3,6-7H2,1H3. The predicted octanol–water partition coefficient (Wildman–Crippen LogP) is 2.83. The van der Waals surface area contributed by atoms with Gasteiger partial charge < -0.3 is 14.4 Å². The molecule has 1 aliphatic rings. The summed E-state index contributed by atoms with van der Waals surface area (Å²) in [6.07, 6.45) is 3.53. The molecule has 0 saturated carbocycles. The van der Waals surface area contributed by atoms with Crippen LogP contribution in [0.25, 0.3) is 0 Å². The summed E-state index contributed by atoms with van der Waals surface area (Å²) >= 11 is 6.07. The average molecular weight is 359 g/mol. The second-order valence-electron chi connectivity index (χ2n) is 5.43. The van der Waals surface area contributed by atoms with Crippen molar-refractivity contribution in [3.8, 4) is 17.6 Å². The summed E-state index contributed by atoms with van der Waals surface area (Å²) in [5.41, 5.74) is 0.387. The van der Waals surface area contributed by atoms with Crippen LogP contribution in [0.15, 0.2) is 24.4 Å². The van der Waals surface area contributed by atoms with Crippen molar-refractivity contribution in [1.29, 1.82) is 5.26 Å². The normalized spacial score (nSPS) is 13.4. The van der Waals surface area contributed by atoms with E-state index in [9.17, 15) is 4.79 Å². The Kier molecular flexibility index (Phi) is 5.00. The van der Waals surface area contributed by atoms with Gasteiger partial charge in [0.25, 0.3) is 0 Å². The number of nitrogens with zero attached hydrogens (tertiary/aromatic N) is 4. The first-order valence-corrected chi connectivity index (χ1v) is 8.08. The number of methoxy groups -OCH3 is 1. The minimum atomic E-state index is -0.712. The van der Waals surface area contributed by atoms with Crippen LogP contribution in [0.3, 0.4) is 0 Å². The number of carbonyl (C=O) groups is 1. The minimum Gasteiger partial charge on any atom is -0.493 e. The predicted molar refractivity (Wildman–Crippen MR) is 91.2 cm³/mol. The molecule has 1 fully saturated rings. The van der Waals surface area contributed by atoms with Crippen molar-refractivity contribution in [2.75, 3.05) is 25.1 Å². The van der Waals surface area contributed by atoms with Crippen molar-refractivity contribution in [3.05, 3.63) is 40.7 Å². The maximum Gasteiger partial charge on any atom is 0.364 e. The zero-order valence-corrected chi connectivity index (χ0v) is 14.3. The molecule has 0 atom stereocenters. The van der Waals surface area contributed by atoms with Crippen LogP contribution in [0.4, 0.5) is 5.95 Å². The number of hydrogen-bond donors (Lipinski definition) is 0. The zero-order chi connectivity index (χ0) is 17.8. The van der Waals surface area contributed by atoms with Crippen molar-refractivity contribution in [3.63, 3.8) is 0 Å². The molecule has 0 N–H and O–H groups in total. The highest BCUT2D eigenvalue weighted by Gasteiger charge is 2.22. The number of ether oxygens (including phenoxy) is 2. The van der Waals surface area contributed by atoms with Crippen LogP contribution in [0.5, 0.6) is 11.5 Å². The molecule has 1 saturated heterocycles. The van der Waals surface area contributed by atoms with Crippen molar-refractivity contribution >= 4 is 23.5 Å². The Morgan fingerprint density at radius 3 is 2.76 bits per heavy atom. The molecular weight excluding hydrogens is 344 g/mol. The second-order valence-corrected chi connectivity index (χ2v) is 5.83. The van der Waals surface area contributed by atoms with E-state index in [1.165, 1.54) is 31.5 Å². The van der Waals surface area contributed by atoms with Crippen LogP contribution in [0.2, 0.25) is 5.02 Å². The molecule has 0 unspecified atom stereocenters. The lowest BCUT2D eigenvalue weighted by atomic mass is 10.2. The SMILES string of the molecule is COc1cc(C#N)ccc1OC(=O)c1nc(N2CCCC2)ncc1Cl. The molecule has 2 aromatic rings. The summed E-state index contributed by atoms with van der Waals surface area (Å²) < 4.78 is 10.5. The number of benzene rings is 1. The number of nitriles is 1. The van der Waals surface area contributed by atoms with Crippen LogP contribution in [-0.4, -0.2) is 36.1 Å². The van der Waals surface area contributed by atoms with E-state index in [2.05, 4.69) is 9.97 Å². The van der Waals surface area contributed by atoms with Gasteiger partial charge in [-0.1, -0.05) is 11.6 Å². The van der Waals surface area contributed by atoms with Crippen molar-refractivity contribution in [2.45, 2.75) is 12.8 Å². The Balaban J connectivity index is 1.86. The Hall–Kier alpha value is -2.85. The molecule has 1 aromatic heterocycles. The van der Waals surface area contributed by atoms with E-state index < -0.39 is 5.97 Å². The van der Waals surface area contributed by atoms with Gasteiger partial charge in [-0.3, -0.25) is 0 Å². The van der Waals surface area contributed by atoms with Crippen LogP contribution in [0.1, 0.15) is 28.9 Å². The van der Waals surface area contributed by atoms with Gasteiger partial charge in [0, 0.05) is 19.2 Å². The second kappa shape index (κ2) is 7.36. The number of esters is 1. The zero-order valence-electron chi connectivity index (χ0n) is 13.5. The number of hydrogen-bond acceptors (Lipinski definition) is 7. The molecule has 3 rings (SSSR count). The Morgan fingerprint density at radius 2 is 2.08 bits per heavy atom. The van der Waals surface area contributed by atoms with E-state index in [4.69, 9.17) is 26.3 Å². The number of rotatable bonds is 4. The molecule has 1 aliphatic heterocycles. The van der Waals surface area contributed by atoms with Gasteiger partial charge in [0.1, 0.15) is 0 Å². The van der Waals surface area contributed by atoms with Crippen molar-refractivity contribution in [1.82, 2.24) is 9.97 Å². The molecule has 0 radical (unpaired) electrons.